The number of ether oxygens (including phenoxy) is 1. The van der Waals surface area contributed by atoms with Crippen molar-refractivity contribution in [3.8, 4) is 0 Å². The second kappa shape index (κ2) is 11.7. The van der Waals surface area contributed by atoms with Crippen LogP contribution in [0.5, 0.6) is 0 Å². The molecule has 1 saturated heterocycles. The van der Waals surface area contributed by atoms with Gasteiger partial charge in [-0.15, -0.1) is 11.8 Å². The van der Waals surface area contributed by atoms with Gasteiger partial charge < -0.3 is 15.2 Å². The molecule has 0 saturated carbocycles. The lowest BCUT2D eigenvalue weighted by Crippen LogP contribution is -2.49. The van der Waals surface area contributed by atoms with Crippen molar-refractivity contribution in [1.82, 2.24) is 10.2 Å². The monoisotopic (exact) mass is 422 g/mol. The summed E-state index contributed by atoms with van der Waals surface area (Å²) in [5, 5.41) is 11.8. The lowest BCUT2D eigenvalue weighted by atomic mass is 10.0. The number of amides is 2. The van der Waals surface area contributed by atoms with E-state index in [1.54, 1.807) is 0 Å². The van der Waals surface area contributed by atoms with Gasteiger partial charge in [-0.05, 0) is 30.7 Å². The fourth-order valence-corrected chi connectivity index (χ4v) is 4.18. The highest BCUT2D eigenvalue weighted by atomic mass is 32.2. The first-order valence-corrected chi connectivity index (χ1v) is 11.1. The highest BCUT2D eigenvalue weighted by Crippen LogP contribution is 2.20. The van der Waals surface area contributed by atoms with Gasteiger partial charge in [0.1, 0.15) is 12.6 Å². The van der Waals surface area contributed by atoms with Gasteiger partial charge in [-0.1, -0.05) is 44.2 Å². The second-order valence-electron chi connectivity index (χ2n) is 7.64. The predicted octanol–water partition coefficient (Wildman–Crippen LogP) is 3.14. The molecule has 2 atom stereocenters. The molecule has 1 heterocycles. The number of nitrogens with zero attached hydrogens (tertiary/aromatic N) is 1. The van der Waals surface area contributed by atoms with E-state index in [1.165, 1.54) is 16.7 Å². The molecule has 1 aromatic rings. The van der Waals surface area contributed by atoms with Gasteiger partial charge in [0, 0.05) is 18.3 Å². The maximum atomic E-state index is 12.8. The first kappa shape index (κ1) is 23.1. The number of hydrogen-bond acceptors (Lipinski definition) is 5. The Bertz CT molecular complexity index is 683. The SMILES string of the molecule is CC(C)C[C@@H](CSCC(=O)O)NC(=O)[C@@H]1CCCN1C(=O)OCc1ccccc1. The Morgan fingerprint density at radius 3 is 2.66 bits per heavy atom. The van der Waals surface area contributed by atoms with Crippen LogP contribution in [0.4, 0.5) is 4.79 Å². The molecule has 0 aromatic heterocycles. The van der Waals surface area contributed by atoms with E-state index in [0.29, 0.717) is 24.6 Å². The molecule has 0 bridgehead atoms. The lowest BCUT2D eigenvalue weighted by molar-refractivity contribution is -0.134. The molecule has 7 nitrogen and oxygen atoms in total. The van der Waals surface area contributed by atoms with E-state index in [0.717, 1.165) is 18.4 Å². The number of nitrogens with one attached hydrogen (secondary N) is 1. The third-order valence-corrected chi connectivity index (χ3v) is 5.73. The summed E-state index contributed by atoms with van der Waals surface area (Å²) in [7, 11) is 0. The number of carbonyl (C=O) groups excluding carboxylic acids is 2. The molecule has 0 unspecified atom stereocenters. The van der Waals surface area contributed by atoms with Crippen LogP contribution >= 0.6 is 11.8 Å². The third-order valence-electron chi connectivity index (χ3n) is 4.64. The molecule has 2 N–H and O–H groups in total. The maximum absolute atomic E-state index is 12.8. The van der Waals surface area contributed by atoms with Crippen LogP contribution in [0.2, 0.25) is 0 Å². The van der Waals surface area contributed by atoms with E-state index in [9.17, 15) is 14.4 Å². The fraction of sp³-hybridized carbons (Fsp3) is 0.571. The van der Waals surface area contributed by atoms with Crippen LogP contribution in [0.3, 0.4) is 0 Å². The van der Waals surface area contributed by atoms with Gasteiger partial charge in [-0.2, -0.15) is 0 Å². The number of carboxylic acids is 1. The number of likely N-dealkylation sites (tertiary alicyclic amines) is 1. The van der Waals surface area contributed by atoms with E-state index >= 15 is 0 Å². The third kappa shape index (κ3) is 7.97. The van der Waals surface area contributed by atoms with Crippen LogP contribution in [0.25, 0.3) is 0 Å². The minimum Gasteiger partial charge on any atom is -0.481 e. The van der Waals surface area contributed by atoms with Crippen molar-refractivity contribution in [2.24, 2.45) is 5.92 Å². The van der Waals surface area contributed by atoms with Crippen molar-refractivity contribution < 1.29 is 24.2 Å². The molecule has 1 aliphatic heterocycles. The first-order chi connectivity index (χ1) is 13.9. The van der Waals surface area contributed by atoms with Crippen molar-refractivity contribution in [1.29, 1.82) is 0 Å². The van der Waals surface area contributed by atoms with Gasteiger partial charge in [-0.3, -0.25) is 14.5 Å². The van der Waals surface area contributed by atoms with Gasteiger partial charge in [0.2, 0.25) is 5.91 Å². The fourth-order valence-electron chi connectivity index (χ4n) is 3.38. The molecule has 0 aliphatic carbocycles. The first-order valence-electron chi connectivity index (χ1n) is 9.94. The summed E-state index contributed by atoms with van der Waals surface area (Å²) in [5.41, 5.74) is 0.897. The molecule has 2 amide bonds. The largest absolute Gasteiger partial charge is 0.481 e. The number of aliphatic carboxylic acids is 1. The van der Waals surface area contributed by atoms with Gasteiger partial charge >= 0.3 is 12.1 Å². The smallest absolute Gasteiger partial charge is 0.410 e. The number of rotatable bonds is 10. The summed E-state index contributed by atoms with van der Waals surface area (Å²) in [6.07, 6.45) is 1.63. The van der Waals surface area contributed by atoms with Crippen molar-refractivity contribution in [2.45, 2.75) is 51.8 Å². The van der Waals surface area contributed by atoms with E-state index in [2.05, 4.69) is 19.2 Å². The van der Waals surface area contributed by atoms with E-state index in [4.69, 9.17) is 9.84 Å². The lowest BCUT2D eigenvalue weighted by Gasteiger charge is -2.26. The normalized spacial score (nSPS) is 17.2. The molecule has 1 aliphatic rings. The average molecular weight is 423 g/mol. The Hall–Kier alpha value is -2.22. The van der Waals surface area contributed by atoms with Crippen LogP contribution in [-0.4, -0.2) is 58.1 Å². The van der Waals surface area contributed by atoms with Gasteiger partial charge in [0.15, 0.2) is 0 Å². The molecule has 160 valence electrons. The average Bonchev–Trinajstić information content (AvgIpc) is 3.16. The number of thioether (sulfide) groups is 1. The molecule has 1 aromatic carbocycles. The Labute approximate surface area is 176 Å². The van der Waals surface area contributed by atoms with E-state index in [-0.39, 0.29) is 24.3 Å². The number of carbonyl (C=O) groups is 3. The summed E-state index contributed by atoms with van der Waals surface area (Å²) < 4.78 is 5.39. The molecule has 8 heteroatoms. The topological polar surface area (TPSA) is 95.9 Å². The van der Waals surface area contributed by atoms with Gasteiger partial charge in [-0.25, -0.2) is 4.79 Å². The summed E-state index contributed by atoms with van der Waals surface area (Å²) in [6, 6.07) is 8.75. The number of carboxylic acid groups (broad SMARTS) is 1. The summed E-state index contributed by atoms with van der Waals surface area (Å²) in [4.78, 5) is 37.6. The van der Waals surface area contributed by atoms with Crippen LogP contribution in [0.15, 0.2) is 30.3 Å². The molecule has 0 spiro atoms. The molecule has 0 radical (unpaired) electrons. The Morgan fingerprint density at radius 2 is 2.00 bits per heavy atom. The quantitative estimate of drug-likeness (QED) is 0.601. The zero-order chi connectivity index (χ0) is 21.2. The molecular formula is C21H30N2O5S. The molecule has 1 fully saturated rings. The van der Waals surface area contributed by atoms with Crippen molar-refractivity contribution >= 4 is 29.7 Å². The highest BCUT2D eigenvalue weighted by molar-refractivity contribution is 7.99. The van der Waals surface area contributed by atoms with Gasteiger partial charge in [0.25, 0.3) is 0 Å². The summed E-state index contributed by atoms with van der Waals surface area (Å²) in [6.45, 7) is 4.79. The Kier molecular flexibility index (Phi) is 9.31. The Morgan fingerprint density at radius 1 is 1.28 bits per heavy atom. The highest BCUT2D eigenvalue weighted by Gasteiger charge is 2.36. The van der Waals surface area contributed by atoms with Crippen LogP contribution < -0.4 is 5.32 Å². The van der Waals surface area contributed by atoms with Gasteiger partial charge in [0.05, 0.1) is 5.75 Å². The van der Waals surface area contributed by atoms with E-state index < -0.39 is 18.1 Å². The summed E-state index contributed by atoms with van der Waals surface area (Å²) in [5.74, 6) is -0.164. The minimum atomic E-state index is -0.868. The second-order valence-corrected chi connectivity index (χ2v) is 8.67. The minimum absolute atomic E-state index is 0.00578. The van der Waals surface area contributed by atoms with Crippen molar-refractivity contribution in [3.63, 3.8) is 0 Å². The number of benzene rings is 1. The predicted molar refractivity (Wildman–Crippen MR) is 113 cm³/mol. The molecule has 29 heavy (non-hydrogen) atoms. The molecular weight excluding hydrogens is 392 g/mol. The number of hydrogen-bond donors (Lipinski definition) is 2. The molecule has 2 rings (SSSR count). The Balaban J connectivity index is 1.90. The van der Waals surface area contributed by atoms with Crippen LogP contribution in [-0.2, 0) is 20.9 Å². The van der Waals surface area contributed by atoms with Crippen LogP contribution in [0.1, 0.15) is 38.7 Å². The zero-order valence-corrected chi connectivity index (χ0v) is 17.8. The summed E-state index contributed by atoms with van der Waals surface area (Å²) >= 11 is 1.29. The maximum Gasteiger partial charge on any atom is 0.410 e. The standard InChI is InChI=1S/C21H30N2O5S/c1-15(2)11-17(13-29-14-19(24)25)22-20(26)18-9-6-10-23(18)21(27)28-12-16-7-4-3-5-8-16/h3-5,7-8,15,17-18H,6,9-14H2,1-2H3,(H,22,26)(H,24,25)/t17-,18-/m0/s1. The van der Waals surface area contributed by atoms with Crippen molar-refractivity contribution in [3.05, 3.63) is 35.9 Å². The zero-order valence-electron chi connectivity index (χ0n) is 17.0. The van der Waals surface area contributed by atoms with Crippen molar-refractivity contribution in [2.75, 3.05) is 18.1 Å². The van der Waals surface area contributed by atoms with Crippen LogP contribution in [0, 0.1) is 5.92 Å². The van der Waals surface area contributed by atoms with E-state index in [1.807, 2.05) is 30.3 Å².